The highest BCUT2D eigenvalue weighted by Crippen LogP contribution is 2.13. The van der Waals surface area contributed by atoms with Gasteiger partial charge >= 0.3 is 5.97 Å². The second-order valence-electron chi connectivity index (χ2n) is 6.25. The van der Waals surface area contributed by atoms with Gasteiger partial charge in [-0.3, -0.25) is 19.2 Å². The van der Waals surface area contributed by atoms with E-state index >= 15 is 0 Å². The second-order valence-corrected chi connectivity index (χ2v) is 6.25. The summed E-state index contributed by atoms with van der Waals surface area (Å²) < 4.78 is 4.96. The Morgan fingerprint density at radius 1 is 0.828 bits per heavy atom. The SMILES string of the molecule is CC(=O)Nc1cccc(C(=O)NCCCNC(=O)c2cccc(OC(C)=O)c2)c1. The number of benzene rings is 2. The molecule has 8 heteroatoms. The highest BCUT2D eigenvalue weighted by molar-refractivity contribution is 5.97. The summed E-state index contributed by atoms with van der Waals surface area (Å²) in [7, 11) is 0. The molecular formula is C21H23N3O5. The van der Waals surface area contributed by atoms with Crippen molar-refractivity contribution in [3.05, 3.63) is 59.7 Å². The summed E-state index contributed by atoms with van der Waals surface area (Å²) in [6.45, 7) is 3.42. The van der Waals surface area contributed by atoms with E-state index in [9.17, 15) is 19.2 Å². The van der Waals surface area contributed by atoms with Gasteiger partial charge in [0.05, 0.1) is 0 Å². The fraction of sp³-hybridized carbons (Fsp3) is 0.238. The van der Waals surface area contributed by atoms with Gasteiger partial charge in [0, 0.05) is 43.8 Å². The molecule has 3 N–H and O–H groups in total. The van der Waals surface area contributed by atoms with E-state index in [1.165, 1.54) is 19.9 Å². The number of hydrogen-bond acceptors (Lipinski definition) is 5. The Labute approximate surface area is 168 Å². The minimum atomic E-state index is -0.457. The molecule has 0 aromatic heterocycles. The maximum atomic E-state index is 12.2. The third kappa shape index (κ3) is 7.45. The first-order valence-corrected chi connectivity index (χ1v) is 9.07. The molecule has 0 aliphatic carbocycles. The third-order valence-corrected chi connectivity index (χ3v) is 3.73. The molecule has 0 spiro atoms. The molecule has 3 amide bonds. The standard InChI is InChI=1S/C21H23N3O5/c1-14(25)24-18-8-3-6-16(12-18)20(27)22-10-5-11-23-21(28)17-7-4-9-19(13-17)29-15(2)26/h3-4,6-9,12-13H,5,10-11H2,1-2H3,(H,22,27)(H,23,28)(H,24,25). The van der Waals surface area contributed by atoms with Crippen LogP contribution in [0.5, 0.6) is 5.75 Å². The van der Waals surface area contributed by atoms with Gasteiger partial charge in [0.2, 0.25) is 5.91 Å². The first-order valence-electron chi connectivity index (χ1n) is 9.07. The molecule has 2 rings (SSSR count). The Balaban J connectivity index is 1.75. The monoisotopic (exact) mass is 397 g/mol. The van der Waals surface area contributed by atoms with Gasteiger partial charge < -0.3 is 20.7 Å². The number of rotatable bonds is 8. The molecule has 29 heavy (non-hydrogen) atoms. The lowest BCUT2D eigenvalue weighted by molar-refractivity contribution is -0.131. The van der Waals surface area contributed by atoms with Crippen molar-refractivity contribution in [1.82, 2.24) is 10.6 Å². The van der Waals surface area contributed by atoms with Crippen molar-refractivity contribution in [2.75, 3.05) is 18.4 Å². The number of carbonyl (C=O) groups excluding carboxylic acids is 4. The first kappa shape index (κ1) is 21.6. The zero-order valence-corrected chi connectivity index (χ0v) is 16.3. The number of nitrogens with one attached hydrogen (secondary N) is 3. The molecule has 152 valence electrons. The maximum Gasteiger partial charge on any atom is 0.308 e. The first-order chi connectivity index (χ1) is 13.8. The molecule has 0 heterocycles. The number of ether oxygens (including phenoxy) is 1. The van der Waals surface area contributed by atoms with Crippen molar-refractivity contribution in [2.45, 2.75) is 20.3 Å². The Bertz CT molecular complexity index is 837. The predicted octanol–water partition coefficient (Wildman–Crippen LogP) is 2.12. The van der Waals surface area contributed by atoms with Crippen molar-refractivity contribution in [1.29, 1.82) is 0 Å². The smallest absolute Gasteiger partial charge is 0.308 e. The normalized spacial score (nSPS) is 10.0. The van der Waals surface area contributed by atoms with E-state index in [2.05, 4.69) is 16.0 Å². The Morgan fingerprint density at radius 3 is 2.00 bits per heavy atom. The van der Waals surface area contributed by atoms with Crippen molar-refractivity contribution >= 4 is 29.4 Å². The van der Waals surface area contributed by atoms with Crippen LogP contribution in [0.2, 0.25) is 0 Å². The second kappa shape index (κ2) is 10.6. The lowest BCUT2D eigenvalue weighted by Gasteiger charge is -2.09. The molecule has 0 unspecified atom stereocenters. The lowest BCUT2D eigenvalue weighted by Crippen LogP contribution is -2.30. The van der Waals surface area contributed by atoms with Crippen LogP contribution in [0.25, 0.3) is 0 Å². The highest BCUT2D eigenvalue weighted by Gasteiger charge is 2.09. The summed E-state index contributed by atoms with van der Waals surface area (Å²) in [6.07, 6.45) is 0.534. The topological polar surface area (TPSA) is 114 Å². The van der Waals surface area contributed by atoms with Gasteiger partial charge in [-0.05, 0) is 42.8 Å². The van der Waals surface area contributed by atoms with Crippen molar-refractivity contribution in [3.63, 3.8) is 0 Å². The van der Waals surface area contributed by atoms with Crippen LogP contribution in [-0.2, 0) is 9.59 Å². The van der Waals surface area contributed by atoms with Gasteiger partial charge in [-0.1, -0.05) is 12.1 Å². The molecule has 0 atom stereocenters. The largest absolute Gasteiger partial charge is 0.427 e. The highest BCUT2D eigenvalue weighted by atomic mass is 16.5. The molecule has 2 aromatic rings. The van der Waals surface area contributed by atoms with Gasteiger partial charge in [-0.15, -0.1) is 0 Å². The van der Waals surface area contributed by atoms with E-state index in [1.807, 2.05) is 0 Å². The molecule has 0 aliphatic rings. The number of hydrogen-bond donors (Lipinski definition) is 3. The molecule has 0 bridgehead atoms. The van der Waals surface area contributed by atoms with Crippen LogP contribution in [0.1, 0.15) is 41.0 Å². The van der Waals surface area contributed by atoms with Gasteiger partial charge in [0.25, 0.3) is 11.8 Å². The van der Waals surface area contributed by atoms with E-state index < -0.39 is 5.97 Å². The van der Waals surface area contributed by atoms with Crippen LogP contribution in [0.3, 0.4) is 0 Å². The summed E-state index contributed by atoms with van der Waals surface area (Å²) in [6, 6.07) is 12.9. The Morgan fingerprint density at radius 2 is 1.41 bits per heavy atom. The minimum Gasteiger partial charge on any atom is -0.427 e. The molecule has 0 saturated heterocycles. The van der Waals surface area contributed by atoms with E-state index in [0.717, 1.165) is 0 Å². The van der Waals surface area contributed by atoms with Crippen LogP contribution in [0, 0.1) is 0 Å². The lowest BCUT2D eigenvalue weighted by atomic mass is 10.2. The van der Waals surface area contributed by atoms with Crippen LogP contribution < -0.4 is 20.7 Å². The van der Waals surface area contributed by atoms with Crippen molar-refractivity contribution in [2.24, 2.45) is 0 Å². The number of anilines is 1. The number of esters is 1. The summed E-state index contributed by atoms with van der Waals surface area (Å²) in [5, 5.41) is 8.13. The number of amides is 3. The average molecular weight is 397 g/mol. The molecule has 0 saturated carbocycles. The molecule has 8 nitrogen and oxygen atoms in total. The van der Waals surface area contributed by atoms with E-state index in [0.29, 0.717) is 42.1 Å². The Hall–Kier alpha value is -3.68. The zero-order valence-electron chi connectivity index (χ0n) is 16.3. The van der Waals surface area contributed by atoms with E-state index in [-0.39, 0.29) is 17.7 Å². The van der Waals surface area contributed by atoms with Crippen LogP contribution >= 0.6 is 0 Å². The molecule has 0 radical (unpaired) electrons. The number of carbonyl (C=O) groups is 4. The van der Waals surface area contributed by atoms with Crippen LogP contribution in [0.4, 0.5) is 5.69 Å². The van der Waals surface area contributed by atoms with Gasteiger partial charge in [-0.2, -0.15) is 0 Å². The van der Waals surface area contributed by atoms with Crippen LogP contribution in [-0.4, -0.2) is 36.8 Å². The maximum absolute atomic E-state index is 12.2. The average Bonchev–Trinajstić information content (AvgIpc) is 2.66. The molecule has 0 aliphatic heterocycles. The quantitative estimate of drug-likeness (QED) is 0.359. The van der Waals surface area contributed by atoms with Gasteiger partial charge in [-0.25, -0.2) is 0 Å². The van der Waals surface area contributed by atoms with Crippen LogP contribution in [0.15, 0.2) is 48.5 Å². The molecule has 2 aromatic carbocycles. The zero-order chi connectivity index (χ0) is 21.2. The van der Waals surface area contributed by atoms with E-state index in [4.69, 9.17) is 4.74 Å². The molecule has 0 fully saturated rings. The van der Waals surface area contributed by atoms with E-state index in [1.54, 1.807) is 42.5 Å². The van der Waals surface area contributed by atoms with Gasteiger partial charge in [0.1, 0.15) is 5.75 Å². The molecular weight excluding hydrogens is 374 g/mol. The van der Waals surface area contributed by atoms with Crippen molar-refractivity contribution in [3.8, 4) is 5.75 Å². The van der Waals surface area contributed by atoms with Crippen molar-refractivity contribution < 1.29 is 23.9 Å². The Kier molecular flexibility index (Phi) is 7.90. The van der Waals surface area contributed by atoms with Gasteiger partial charge in [0.15, 0.2) is 0 Å². The fourth-order valence-corrected chi connectivity index (χ4v) is 2.50. The third-order valence-electron chi connectivity index (χ3n) is 3.73. The minimum absolute atomic E-state index is 0.211. The summed E-state index contributed by atoms with van der Waals surface area (Å²) >= 11 is 0. The summed E-state index contributed by atoms with van der Waals surface area (Å²) in [5.41, 5.74) is 1.36. The summed E-state index contributed by atoms with van der Waals surface area (Å²) in [4.78, 5) is 46.4. The predicted molar refractivity (Wildman–Crippen MR) is 108 cm³/mol. The fourth-order valence-electron chi connectivity index (χ4n) is 2.50. The summed E-state index contributed by atoms with van der Waals surface area (Å²) in [5.74, 6) is -0.928.